The lowest BCUT2D eigenvalue weighted by Gasteiger charge is -2.21. The molecule has 10 nitrogen and oxygen atoms in total. The number of halogens is 2. The number of nitrogens with zero attached hydrogens (tertiary/aromatic N) is 5. The highest BCUT2D eigenvalue weighted by Gasteiger charge is 2.26. The zero-order valence-electron chi connectivity index (χ0n) is 26.4. The smallest absolute Gasteiger partial charge is 0.291 e. The van der Waals surface area contributed by atoms with Crippen LogP contribution in [0.25, 0.3) is 11.1 Å². The van der Waals surface area contributed by atoms with Gasteiger partial charge in [0.1, 0.15) is 17.6 Å². The van der Waals surface area contributed by atoms with Crippen molar-refractivity contribution in [3.63, 3.8) is 0 Å². The highest BCUT2D eigenvalue weighted by Crippen LogP contribution is 2.38. The van der Waals surface area contributed by atoms with Gasteiger partial charge in [-0.15, -0.1) is 0 Å². The highest BCUT2D eigenvalue weighted by molar-refractivity contribution is 6.36. The summed E-state index contributed by atoms with van der Waals surface area (Å²) < 4.78 is 21.1. The lowest BCUT2D eigenvalue weighted by Crippen LogP contribution is -2.27. The molecule has 1 fully saturated rings. The number of carbonyl (C=O) groups is 2. The van der Waals surface area contributed by atoms with Crippen molar-refractivity contribution in [3.8, 4) is 16.9 Å². The molecule has 1 atom stereocenters. The van der Waals surface area contributed by atoms with Gasteiger partial charge < -0.3 is 24.8 Å². The molecule has 2 aromatic carbocycles. The quantitative estimate of drug-likeness (QED) is 0.261. The molecule has 0 radical (unpaired) electrons. The summed E-state index contributed by atoms with van der Waals surface area (Å²) in [5.74, 6) is 0.130. The summed E-state index contributed by atoms with van der Waals surface area (Å²) in [6.07, 6.45) is 2.14. The number of imidazole rings is 1. The summed E-state index contributed by atoms with van der Waals surface area (Å²) in [5, 5.41) is 6.28. The van der Waals surface area contributed by atoms with Crippen LogP contribution in [0.15, 0.2) is 48.7 Å². The third kappa shape index (κ3) is 6.35. The highest BCUT2D eigenvalue weighted by atomic mass is 35.5. The molecule has 2 aliphatic heterocycles. The number of benzene rings is 2. The number of anilines is 2. The number of amides is 2. The summed E-state index contributed by atoms with van der Waals surface area (Å²) in [5.41, 5.74) is 6.32. The summed E-state index contributed by atoms with van der Waals surface area (Å²) >= 11 is 6.89. The van der Waals surface area contributed by atoms with E-state index in [1.807, 2.05) is 60.8 Å². The third-order valence-corrected chi connectivity index (χ3v) is 9.18. The number of likely N-dealkylation sites (tertiary alicyclic amines) is 1. The van der Waals surface area contributed by atoms with Gasteiger partial charge in [-0.1, -0.05) is 35.9 Å². The maximum Gasteiger partial charge on any atom is 0.291 e. The number of hydrogen-bond donors (Lipinski definition) is 2. The molecule has 0 unspecified atom stereocenters. The van der Waals surface area contributed by atoms with Gasteiger partial charge in [0.2, 0.25) is 0 Å². The van der Waals surface area contributed by atoms with E-state index in [4.69, 9.17) is 16.3 Å². The predicted octanol–water partition coefficient (Wildman–Crippen LogP) is 5.49. The van der Waals surface area contributed by atoms with Gasteiger partial charge in [-0.2, -0.15) is 0 Å². The molecular weight excluding hydrogens is 609 g/mol. The zero-order valence-corrected chi connectivity index (χ0v) is 27.1. The van der Waals surface area contributed by atoms with E-state index in [1.165, 1.54) is 0 Å². The number of pyridine rings is 1. The van der Waals surface area contributed by atoms with Gasteiger partial charge in [-0.25, -0.2) is 9.37 Å². The van der Waals surface area contributed by atoms with Gasteiger partial charge in [0.25, 0.3) is 11.8 Å². The number of rotatable bonds is 8. The summed E-state index contributed by atoms with van der Waals surface area (Å²) in [6, 6.07) is 12.6. The van der Waals surface area contributed by atoms with Crippen LogP contribution in [0.5, 0.6) is 5.75 Å². The fourth-order valence-corrected chi connectivity index (χ4v) is 6.47. The van der Waals surface area contributed by atoms with E-state index in [0.717, 1.165) is 41.0 Å². The molecule has 2 N–H and O–H groups in total. The van der Waals surface area contributed by atoms with Gasteiger partial charge in [0.15, 0.2) is 5.82 Å². The average Bonchev–Trinajstić information content (AvgIpc) is 3.60. The Hall–Kier alpha value is -4.32. The van der Waals surface area contributed by atoms with Gasteiger partial charge in [-0.3, -0.25) is 19.5 Å². The maximum atomic E-state index is 13.7. The monoisotopic (exact) mass is 645 g/mol. The Bertz CT molecular complexity index is 1810. The number of carbonyl (C=O) groups excluding carboxylic acids is 2. The van der Waals surface area contributed by atoms with Crippen molar-refractivity contribution in [1.82, 2.24) is 24.3 Å². The first-order chi connectivity index (χ1) is 22.1. The minimum atomic E-state index is -0.821. The summed E-state index contributed by atoms with van der Waals surface area (Å²) in [4.78, 5) is 39.8. The molecule has 1 saturated heterocycles. The minimum absolute atomic E-state index is 0.195. The Labute approximate surface area is 272 Å². The summed E-state index contributed by atoms with van der Waals surface area (Å²) in [7, 11) is 5.44. The molecule has 4 heterocycles. The first-order valence-corrected chi connectivity index (χ1v) is 15.6. The Kier molecular flexibility index (Phi) is 9.08. The van der Waals surface area contributed by atoms with Crippen molar-refractivity contribution in [2.45, 2.75) is 39.0 Å². The number of fused-ring (bicyclic) bond motifs is 1. The maximum absolute atomic E-state index is 13.7. The Morgan fingerprint density at radius 3 is 2.54 bits per heavy atom. The molecule has 0 aliphatic carbocycles. The molecule has 6 rings (SSSR count). The second-order valence-corrected chi connectivity index (χ2v) is 12.3. The van der Waals surface area contributed by atoms with E-state index in [0.29, 0.717) is 66.1 Å². The van der Waals surface area contributed by atoms with Crippen LogP contribution in [0.3, 0.4) is 0 Å². The van der Waals surface area contributed by atoms with Crippen molar-refractivity contribution in [1.29, 1.82) is 0 Å². The number of hydrogen-bond acceptors (Lipinski definition) is 7. The van der Waals surface area contributed by atoms with Gasteiger partial charge in [-0.05, 0) is 43.7 Å². The Morgan fingerprint density at radius 1 is 1.07 bits per heavy atom. The fourth-order valence-electron chi connectivity index (χ4n) is 6.19. The van der Waals surface area contributed by atoms with Crippen molar-refractivity contribution in [3.05, 3.63) is 87.7 Å². The van der Waals surface area contributed by atoms with Crippen molar-refractivity contribution >= 4 is 34.8 Å². The minimum Gasteiger partial charge on any atom is -0.496 e. The van der Waals surface area contributed by atoms with Crippen LogP contribution in [0, 0.1) is 6.92 Å². The zero-order chi connectivity index (χ0) is 32.5. The molecule has 46 heavy (non-hydrogen) atoms. The largest absolute Gasteiger partial charge is 0.496 e. The molecule has 12 heteroatoms. The second-order valence-electron chi connectivity index (χ2n) is 11.9. The number of alkyl halides is 1. The SMILES string of the molecule is COc1cc(C(=O)Nc2cccc(-c3cccc(NC(=O)c4nc5c(n4C)CCN(C)C5)c3Cl)c2C)ncc1CN1CC[C@@H](F)C1. The van der Waals surface area contributed by atoms with Crippen molar-refractivity contribution in [2.24, 2.45) is 7.05 Å². The molecule has 0 bridgehead atoms. The second kappa shape index (κ2) is 13.2. The molecule has 4 aromatic rings. The third-order valence-electron chi connectivity index (χ3n) is 8.77. The first kappa shape index (κ1) is 31.7. The van der Waals surface area contributed by atoms with E-state index in [2.05, 4.69) is 25.5 Å². The van der Waals surface area contributed by atoms with Crippen LogP contribution >= 0.6 is 11.6 Å². The Morgan fingerprint density at radius 2 is 1.80 bits per heavy atom. The van der Waals surface area contributed by atoms with Crippen LogP contribution < -0.4 is 15.4 Å². The van der Waals surface area contributed by atoms with E-state index in [9.17, 15) is 14.0 Å². The van der Waals surface area contributed by atoms with Crippen molar-refractivity contribution in [2.75, 3.05) is 44.4 Å². The van der Waals surface area contributed by atoms with E-state index in [-0.39, 0.29) is 11.6 Å². The molecule has 2 aromatic heterocycles. The van der Waals surface area contributed by atoms with E-state index < -0.39 is 12.1 Å². The van der Waals surface area contributed by atoms with E-state index in [1.54, 1.807) is 25.4 Å². The number of nitrogens with one attached hydrogen (secondary N) is 2. The number of likely N-dealkylation sites (N-methyl/N-ethyl adjacent to an activating group) is 1. The van der Waals surface area contributed by atoms with Gasteiger partial charge in [0.05, 0.1) is 23.5 Å². The normalized spacial score (nSPS) is 16.7. The van der Waals surface area contributed by atoms with Crippen LogP contribution in [-0.2, 0) is 26.6 Å². The Balaban J connectivity index is 1.20. The van der Waals surface area contributed by atoms with Crippen molar-refractivity contribution < 1.29 is 18.7 Å². The van der Waals surface area contributed by atoms with Crippen LogP contribution in [0.1, 0.15) is 50.0 Å². The van der Waals surface area contributed by atoms with Gasteiger partial charge >= 0.3 is 0 Å². The molecule has 2 aliphatic rings. The fraction of sp³-hybridized carbons (Fsp3) is 0.353. The number of aromatic nitrogens is 3. The predicted molar refractivity (Wildman–Crippen MR) is 176 cm³/mol. The molecule has 2 amide bonds. The van der Waals surface area contributed by atoms with Crippen LogP contribution in [0.4, 0.5) is 15.8 Å². The molecule has 240 valence electrons. The number of methoxy groups -OCH3 is 1. The molecular formula is C34H37ClFN7O3. The first-order valence-electron chi connectivity index (χ1n) is 15.3. The molecule has 0 spiro atoms. The van der Waals surface area contributed by atoms with E-state index >= 15 is 0 Å². The lowest BCUT2D eigenvalue weighted by atomic mass is 9.98. The van der Waals surface area contributed by atoms with Crippen LogP contribution in [-0.4, -0.2) is 76.1 Å². The topological polar surface area (TPSA) is 105 Å². The number of ether oxygens (including phenoxy) is 1. The summed E-state index contributed by atoms with van der Waals surface area (Å²) in [6.45, 7) is 5.07. The van der Waals surface area contributed by atoms with Crippen LogP contribution in [0.2, 0.25) is 5.02 Å². The average molecular weight is 646 g/mol. The lowest BCUT2D eigenvalue weighted by molar-refractivity contribution is 0.100. The van der Waals surface area contributed by atoms with Gasteiger partial charge in [0, 0.05) is 81.0 Å². The standard InChI is InChI=1S/C34H37ClFN7O3/c1-20-23(24-8-6-10-26(31(24)35)40-34(45)32-38-28-19-41(2)13-12-29(28)42(32)3)7-5-9-25(20)39-33(44)27-15-30(46-4)21(16-37-27)17-43-14-11-22(36)18-43/h5-10,15-16,22H,11-14,17-19H2,1-4H3,(H,39,44)(H,40,45)/t22-/m1/s1. The molecule has 0 saturated carbocycles.